The number of pyridine rings is 1. The molecule has 5 aromatic rings. The lowest BCUT2D eigenvalue weighted by Crippen LogP contribution is -2.33. The molecule has 1 amide bonds. The predicted molar refractivity (Wildman–Crippen MR) is 173 cm³/mol. The van der Waals surface area contributed by atoms with Crippen LogP contribution in [-0.4, -0.2) is 34.0 Å². The lowest BCUT2D eigenvalue weighted by atomic mass is 9.94. The van der Waals surface area contributed by atoms with Gasteiger partial charge in [-0.15, -0.1) is 0 Å². The number of fused-ring (bicyclic) bond motifs is 2. The number of nitrogens with one attached hydrogen (secondary N) is 1. The molecule has 3 heterocycles. The van der Waals surface area contributed by atoms with E-state index in [0.29, 0.717) is 40.2 Å². The zero-order valence-electron chi connectivity index (χ0n) is 24.4. The largest absolute Gasteiger partial charge is 0.455 e. The van der Waals surface area contributed by atoms with Gasteiger partial charge in [0.2, 0.25) is 0 Å². The van der Waals surface area contributed by atoms with Crippen molar-refractivity contribution in [1.29, 1.82) is 0 Å². The number of para-hydroxylation sites is 1. The number of carbonyl (C=O) groups excluding carboxylic acids is 2. The van der Waals surface area contributed by atoms with Crippen LogP contribution in [0.2, 0.25) is 5.02 Å². The average Bonchev–Trinajstić information content (AvgIpc) is 3.39. The standard InChI is InChI=1S/C34H31ClN4O3S/c1-20-22(10-8-12-26(20)35)23-15-16-29(37-30(23)32(41)42-34(2,3)4)39-18-17-21-9-7-11-24(25(21)19-39)31(40)38-33-36-27-13-5-6-14-28(27)43-33/h5-16H,17-19H2,1-4H3,(H,36,38,40). The van der Waals surface area contributed by atoms with Crippen LogP contribution in [0.5, 0.6) is 0 Å². The van der Waals surface area contributed by atoms with Crippen LogP contribution in [0.4, 0.5) is 10.9 Å². The van der Waals surface area contributed by atoms with Crippen LogP contribution in [0.25, 0.3) is 21.3 Å². The maximum atomic E-state index is 13.5. The van der Waals surface area contributed by atoms with Crippen LogP contribution in [0.3, 0.4) is 0 Å². The fourth-order valence-corrected chi connectivity index (χ4v) is 6.34. The molecule has 2 aromatic heterocycles. The van der Waals surface area contributed by atoms with E-state index in [1.807, 2.05) is 94.4 Å². The summed E-state index contributed by atoms with van der Waals surface area (Å²) in [5, 5.41) is 4.17. The highest BCUT2D eigenvalue weighted by molar-refractivity contribution is 7.22. The maximum Gasteiger partial charge on any atom is 0.358 e. The lowest BCUT2D eigenvalue weighted by molar-refractivity contribution is 0.00638. The lowest BCUT2D eigenvalue weighted by Gasteiger charge is -2.31. The summed E-state index contributed by atoms with van der Waals surface area (Å²) in [6.45, 7) is 8.58. The number of hydrogen-bond acceptors (Lipinski definition) is 7. The first-order chi connectivity index (χ1) is 20.6. The molecule has 0 bridgehead atoms. The second-order valence-corrected chi connectivity index (χ2v) is 13.0. The Balaban J connectivity index is 1.33. The zero-order chi connectivity index (χ0) is 30.3. The van der Waals surface area contributed by atoms with Gasteiger partial charge in [-0.2, -0.15) is 0 Å². The molecule has 0 aliphatic carbocycles. The van der Waals surface area contributed by atoms with E-state index in [1.54, 1.807) is 0 Å². The minimum atomic E-state index is -0.689. The molecule has 3 aromatic carbocycles. The van der Waals surface area contributed by atoms with Gasteiger partial charge < -0.3 is 9.64 Å². The Labute approximate surface area is 259 Å². The molecular formula is C34H31ClN4O3S. The van der Waals surface area contributed by atoms with Crippen molar-refractivity contribution in [3.8, 4) is 11.1 Å². The first kappa shape index (κ1) is 28.8. The van der Waals surface area contributed by atoms with E-state index >= 15 is 0 Å². The fraction of sp³-hybridized carbons (Fsp3) is 0.235. The smallest absolute Gasteiger partial charge is 0.358 e. The van der Waals surface area contributed by atoms with Gasteiger partial charge in [-0.3, -0.25) is 10.1 Å². The van der Waals surface area contributed by atoms with E-state index in [2.05, 4.69) is 21.3 Å². The number of nitrogens with zero attached hydrogens (tertiary/aromatic N) is 3. The molecule has 218 valence electrons. The Kier molecular flexibility index (Phi) is 7.66. The summed E-state index contributed by atoms with van der Waals surface area (Å²) in [6.07, 6.45) is 0.732. The van der Waals surface area contributed by atoms with Crippen molar-refractivity contribution in [2.24, 2.45) is 0 Å². The number of carbonyl (C=O) groups is 2. The van der Waals surface area contributed by atoms with Crippen LogP contribution < -0.4 is 10.2 Å². The van der Waals surface area contributed by atoms with E-state index in [1.165, 1.54) is 11.3 Å². The number of hydrogen-bond donors (Lipinski definition) is 1. The minimum Gasteiger partial charge on any atom is -0.455 e. The third-order valence-corrected chi connectivity index (χ3v) is 8.75. The number of halogens is 1. The van der Waals surface area contributed by atoms with Crippen molar-refractivity contribution >= 4 is 56.0 Å². The molecule has 1 N–H and O–H groups in total. The number of thiazole rings is 1. The van der Waals surface area contributed by atoms with E-state index in [-0.39, 0.29) is 11.6 Å². The number of amides is 1. The molecular weight excluding hydrogens is 580 g/mol. The summed E-state index contributed by atoms with van der Waals surface area (Å²) in [7, 11) is 0. The first-order valence-electron chi connectivity index (χ1n) is 14.1. The van der Waals surface area contributed by atoms with Crippen LogP contribution in [0, 0.1) is 6.92 Å². The molecule has 0 atom stereocenters. The quantitative estimate of drug-likeness (QED) is 0.202. The van der Waals surface area contributed by atoms with E-state index in [4.69, 9.17) is 21.3 Å². The van der Waals surface area contributed by atoms with Gasteiger partial charge in [-0.1, -0.05) is 59.3 Å². The van der Waals surface area contributed by atoms with Gasteiger partial charge in [0, 0.05) is 29.2 Å². The topological polar surface area (TPSA) is 84.4 Å². The minimum absolute atomic E-state index is 0.202. The van der Waals surface area contributed by atoms with Gasteiger partial charge in [-0.05, 0) is 92.8 Å². The number of rotatable bonds is 5. The summed E-state index contributed by atoms with van der Waals surface area (Å²) < 4.78 is 6.79. The van der Waals surface area contributed by atoms with Crippen molar-refractivity contribution < 1.29 is 14.3 Å². The molecule has 1 aliphatic heterocycles. The highest BCUT2D eigenvalue weighted by atomic mass is 35.5. The highest BCUT2D eigenvalue weighted by Crippen LogP contribution is 2.34. The van der Waals surface area contributed by atoms with Gasteiger partial charge in [0.25, 0.3) is 5.91 Å². The van der Waals surface area contributed by atoms with Crippen molar-refractivity contribution in [3.05, 3.63) is 106 Å². The summed E-state index contributed by atoms with van der Waals surface area (Å²) in [6, 6.07) is 23.1. The van der Waals surface area contributed by atoms with Gasteiger partial charge in [0.1, 0.15) is 11.4 Å². The Hall–Kier alpha value is -4.27. The molecule has 0 fully saturated rings. The fourth-order valence-electron chi connectivity index (χ4n) is 5.30. The van der Waals surface area contributed by atoms with Crippen molar-refractivity contribution in [2.75, 3.05) is 16.8 Å². The number of esters is 1. The molecule has 0 spiro atoms. The number of ether oxygens (including phenoxy) is 1. The van der Waals surface area contributed by atoms with Gasteiger partial charge >= 0.3 is 5.97 Å². The Morgan fingerprint density at radius 3 is 2.53 bits per heavy atom. The molecule has 7 nitrogen and oxygen atoms in total. The van der Waals surface area contributed by atoms with Crippen LogP contribution in [0.1, 0.15) is 58.3 Å². The van der Waals surface area contributed by atoms with Gasteiger partial charge in [0.15, 0.2) is 10.8 Å². The Morgan fingerprint density at radius 2 is 1.74 bits per heavy atom. The van der Waals surface area contributed by atoms with Crippen LogP contribution in [-0.2, 0) is 17.7 Å². The molecule has 0 saturated carbocycles. The van der Waals surface area contributed by atoms with Crippen molar-refractivity contribution in [3.63, 3.8) is 0 Å². The Bertz CT molecular complexity index is 1840. The molecule has 43 heavy (non-hydrogen) atoms. The summed E-state index contributed by atoms with van der Waals surface area (Å²) >= 11 is 7.88. The third-order valence-electron chi connectivity index (χ3n) is 7.39. The summed E-state index contributed by atoms with van der Waals surface area (Å²) in [5.74, 6) is -0.0692. The van der Waals surface area contributed by atoms with Crippen molar-refractivity contribution in [1.82, 2.24) is 9.97 Å². The number of anilines is 2. The van der Waals surface area contributed by atoms with Crippen LogP contribution in [0.15, 0.2) is 72.8 Å². The zero-order valence-corrected chi connectivity index (χ0v) is 26.0. The molecule has 6 rings (SSSR count). The van der Waals surface area contributed by atoms with Gasteiger partial charge in [0.05, 0.1) is 10.2 Å². The summed E-state index contributed by atoms with van der Waals surface area (Å²) in [4.78, 5) is 38.5. The molecule has 0 saturated heterocycles. The van der Waals surface area contributed by atoms with Gasteiger partial charge in [-0.25, -0.2) is 14.8 Å². The SMILES string of the molecule is Cc1c(Cl)cccc1-c1ccc(N2CCc3cccc(C(=O)Nc4nc5ccccc5s4)c3C2)nc1C(=O)OC(C)(C)C. The Morgan fingerprint density at radius 1 is 0.953 bits per heavy atom. The van der Waals surface area contributed by atoms with E-state index in [0.717, 1.165) is 38.9 Å². The second kappa shape index (κ2) is 11.4. The number of aromatic nitrogens is 2. The number of benzene rings is 3. The molecule has 9 heteroatoms. The summed E-state index contributed by atoms with van der Waals surface area (Å²) in [5.41, 5.74) is 5.38. The third kappa shape index (κ3) is 5.98. The average molecular weight is 611 g/mol. The normalized spacial score (nSPS) is 13.1. The molecule has 0 radical (unpaired) electrons. The molecule has 1 aliphatic rings. The second-order valence-electron chi connectivity index (χ2n) is 11.5. The van der Waals surface area contributed by atoms with Crippen LogP contribution >= 0.6 is 22.9 Å². The van der Waals surface area contributed by atoms with E-state index in [9.17, 15) is 9.59 Å². The molecule has 0 unspecified atom stereocenters. The maximum absolute atomic E-state index is 13.5. The highest BCUT2D eigenvalue weighted by Gasteiger charge is 2.27. The van der Waals surface area contributed by atoms with E-state index < -0.39 is 11.6 Å². The monoisotopic (exact) mass is 610 g/mol. The van der Waals surface area contributed by atoms with Crippen molar-refractivity contribution in [2.45, 2.75) is 46.3 Å². The first-order valence-corrected chi connectivity index (χ1v) is 15.3. The predicted octanol–water partition coefficient (Wildman–Crippen LogP) is 8.09.